The molecule has 0 saturated carbocycles. The molecule has 0 heterocycles. The van der Waals surface area contributed by atoms with E-state index in [0.29, 0.717) is 34.7 Å². The molecule has 0 aliphatic carbocycles. The molecular weight excluding hydrogens is 392 g/mol. The van der Waals surface area contributed by atoms with Crippen LogP contribution in [0.25, 0.3) is 0 Å². The standard InChI is InChI=1S/C24H24N4O3/c1-2-25-23(30)17-9-8-12-19(15-17)27-22(29)16-26-21-14-7-6-13-20(21)24(31)28-18-10-4-3-5-11-18/h3-15,26H,2,16H2,1H3,(H,25,30)(H,27,29)(H,28,31). The van der Waals surface area contributed by atoms with Gasteiger partial charge < -0.3 is 21.3 Å². The van der Waals surface area contributed by atoms with Crippen LogP contribution in [0.15, 0.2) is 78.9 Å². The Labute approximate surface area is 180 Å². The van der Waals surface area contributed by atoms with Crippen molar-refractivity contribution in [3.05, 3.63) is 90.0 Å². The molecule has 0 unspecified atom stereocenters. The van der Waals surface area contributed by atoms with Crippen molar-refractivity contribution in [2.75, 3.05) is 29.0 Å². The maximum absolute atomic E-state index is 12.6. The molecule has 0 aliphatic rings. The molecule has 7 nitrogen and oxygen atoms in total. The Balaban J connectivity index is 1.61. The van der Waals surface area contributed by atoms with Gasteiger partial charge in [0, 0.05) is 29.2 Å². The first-order chi connectivity index (χ1) is 15.1. The summed E-state index contributed by atoms with van der Waals surface area (Å²) in [6.07, 6.45) is 0. The van der Waals surface area contributed by atoms with Crippen molar-refractivity contribution in [1.29, 1.82) is 0 Å². The van der Waals surface area contributed by atoms with E-state index in [9.17, 15) is 14.4 Å². The molecule has 0 radical (unpaired) electrons. The fourth-order valence-electron chi connectivity index (χ4n) is 2.94. The minimum atomic E-state index is -0.300. The number of benzene rings is 3. The Hall–Kier alpha value is -4.13. The van der Waals surface area contributed by atoms with Crippen LogP contribution in [0.3, 0.4) is 0 Å². The minimum absolute atomic E-state index is 0.0407. The van der Waals surface area contributed by atoms with Crippen LogP contribution < -0.4 is 21.3 Å². The van der Waals surface area contributed by atoms with E-state index in [1.807, 2.05) is 25.1 Å². The van der Waals surface area contributed by atoms with Gasteiger partial charge in [-0.15, -0.1) is 0 Å². The van der Waals surface area contributed by atoms with Gasteiger partial charge in [-0.2, -0.15) is 0 Å². The highest BCUT2D eigenvalue weighted by Gasteiger charge is 2.12. The lowest BCUT2D eigenvalue weighted by Gasteiger charge is -2.13. The SMILES string of the molecule is CCNC(=O)c1cccc(NC(=O)CNc2ccccc2C(=O)Nc2ccccc2)c1. The summed E-state index contributed by atoms with van der Waals surface area (Å²) in [5.41, 5.74) is 2.65. The fourth-order valence-corrected chi connectivity index (χ4v) is 2.94. The molecular formula is C24H24N4O3. The highest BCUT2D eigenvalue weighted by Crippen LogP contribution is 2.17. The first kappa shape index (κ1) is 21.6. The van der Waals surface area contributed by atoms with Gasteiger partial charge >= 0.3 is 0 Å². The molecule has 0 fully saturated rings. The first-order valence-electron chi connectivity index (χ1n) is 9.94. The Morgan fingerprint density at radius 3 is 2.23 bits per heavy atom. The van der Waals surface area contributed by atoms with Gasteiger partial charge in [-0.25, -0.2) is 0 Å². The third-order valence-corrected chi connectivity index (χ3v) is 4.39. The molecule has 3 aromatic rings. The monoisotopic (exact) mass is 416 g/mol. The highest BCUT2D eigenvalue weighted by molar-refractivity contribution is 6.08. The normalized spacial score (nSPS) is 10.1. The summed E-state index contributed by atoms with van der Waals surface area (Å²) in [5, 5.41) is 11.3. The molecule has 158 valence electrons. The quantitative estimate of drug-likeness (QED) is 0.450. The van der Waals surface area contributed by atoms with Gasteiger partial charge in [-0.3, -0.25) is 14.4 Å². The van der Waals surface area contributed by atoms with Crippen molar-refractivity contribution in [2.45, 2.75) is 6.92 Å². The predicted octanol–water partition coefficient (Wildman–Crippen LogP) is 3.74. The molecule has 0 bridgehead atoms. The van der Waals surface area contributed by atoms with Crippen molar-refractivity contribution in [3.8, 4) is 0 Å². The number of amides is 3. The van der Waals surface area contributed by atoms with Crippen LogP contribution >= 0.6 is 0 Å². The van der Waals surface area contributed by atoms with E-state index in [4.69, 9.17) is 0 Å². The third-order valence-electron chi connectivity index (χ3n) is 4.39. The topological polar surface area (TPSA) is 99.3 Å². The molecule has 3 amide bonds. The number of hydrogen-bond donors (Lipinski definition) is 4. The zero-order valence-corrected chi connectivity index (χ0v) is 17.1. The van der Waals surface area contributed by atoms with E-state index < -0.39 is 0 Å². The Kier molecular flexibility index (Phi) is 7.37. The lowest BCUT2D eigenvalue weighted by Crippen LogP contribution is -2.24. The molecule has 3 rings (SSSR count). The van der Waals surface area contributed by atoms with E-state index in [1.165, 1.54) is 0 Å². The largest absolute Gasteiger partial charge is 0.376 e. The summed E-state index contributed by atoms with van der Waals surface area (Å²) in [7, 11) is 0. The summed E-state index contributed by atoms with van der Waals surface area (Å²) in [6, 6.07) is 22.8. The maximum atomic E-state index is 12.6. The predicted molar refractivity (Wildman–Crippen MR) is 122 cm³/mol. The summed E-state index contributed by atoms with van der Waals surface area (Å²) in [5.74, 6) is -0.772. The van der Waals surface area contributed by atoms with Crippen molar-refractivity contribution in [1.82, 2.24) is 5.32 Å². The molecule has 0 saturated heterocycles. The number of carbonyl (C=O) groups is 3. The number of para-hydroxylation sites is 2. The summed E-state index contributed by atoms with van der Waals surface area (Å²) in [4.78, 5) is 37.0. The van der Waals surface area contributed by atoms with Crippen LogP contribution in [0.2, 0.25) is 0 Å². The van der Waals surface area contributed by atoms with Crippen LogP contribution in [0.1, 0.15) is 27.6 Å². The lowest BCUT2D eigenvalue weighted by atomic mass is 10.1. The average Bonchev–Trinajstić information content (AvgIpc) is 2.79. The van der Waals surface area contributed by atoms with Crippen molar-refractivity contribution >= 4 is 34.8 Å². The van der Waals surface area contributed by atoms with Crippen LogP contribution in [-0.2, 0) is 4.79 Å². The maximum Gasteiger partial charge on any atom is 0.257 e. The molecule has 3 aromatic carbocycles. The number of rotatable bonds is 8. The minimum Gasteiger partial charge on any atom is -0.376 e. The third kappa shape index (κ3) is 6.17. The highest BCUT2D eigenvalue weighted by atomic mass is 16.2. The van der Waals surface area contributed by atoms with Crippen LogP contribution in [0.5, 0.6) is 0 Å². The Morgan fingerprint density at radius 2 is 1.45 bits per heavy atom. The summed E-state index contributed by atoms with van der Waals surface area (Å²) >= 11 is 0. The van der Waals surface area contributed by atoms with Crippen molar-refractivity contribution < 1.29 is 14.4 Å². The molecule has 7 heteroatoms. The smallest absolute Gasteiger partial charge is 0.257 e. The van der Waals surface area contributed by atoms with E-state index in [2.05, 4.69) is 21.3 Å². The molecule has 4 N–H and O–H groups in total. The zero-order chi connectivity index (χ0) is 22.1. The number of anilines is 3. The zero-order valence-electron chi connectivity index (χ0n) is 17.1. The molecule has 0 aliphatic heterocycles. The van der Waals surface area contributed by atoms with Gasteiger partial charge in [-0.1, -0.05) is 36.4 Å². The number of hydrogen-bond acceptors (Lipinski definition) is 4. The van der Waals surface area contributed by atoms with E-state index >= 15 is 0 Å². The van der Waals surface area contributed by atoms with Crippen molar-refractivity contribution in [3.63, 3.8) is 0 Å². The first-order valence-corrected chi connectivity index (χ1v) is 9.94. The lowest BCUT2D eigenvalue weighted by molar-refractivity contribution is -0.114. The molecule has 0 spiro atoms. The average molecular weight is 416 g/mol. The number of nitrogens with one attached hydrogen (secondary N) is 4. The Bertz CT molecular complexity index is 1070. The van der Waals surface area contributed by atoms with Gasteiger partial charge in [0.2, 0.25) is 5.91 Å². The van der Waals surface area contributed by atoms with Gasteiger partial charge in [0.1, 0.15) is 0 Å². The molecule has 0 atom stereocenters. The van der Waals surface area contributed by atoms with Crippen LogP contribution in [0, 0.1) is 0 Å². The second kappa shape index (κ2) is 10.6. The molecule has 0 aromatic heterocycles. The van der Waals surface area contributed by atoms with Gasteiger partial charge in [-0.05, 0) is 49.4 Å². The summed E-state index contributed by atoms with van der Waals surface area (Å²) < 4.78 is 0. The molecule has 31 heavy (non-hydrogen) atoms. The van der Waals surface area contributed by atoms with Gasteiger partial charge in [0.15, 0.2) is 0 Å². The van der Waals surface area contributed by atoms with Crippen molar-refractivity contribution in [2.24, 2.45) is 0 Å². The van der Waals surface area contributed by atoms with E-state index in [1.54, 1.807) is 60.7 Å². The second-order valence-electron chi connectivity index (χ2n) is 6.71. The van der Waals surface area contributed by atoms with E-state index in [0.717, 1.165) is 0 Å². The second-order valence-corrected chi connectivity index (χ2v) is 6.71. The van der Waals surface area contributed by atoms with Crippen LogP contribution in [0.4, 0.5) is 17.1 Å². The fraction of sp³-hybridized carbons (Fsp3) is 0.125. The van der Waals surface area contributed by atoms with E-state index in [-0.39, 0.29) is 24.3 Å². The van der Waals surface area contributed by atoms with Gasteiger partial charge in [0.25, 0.3) is 11.8 Å². The Morgan fingerprint density at radius 1 is 0.742 bits per heavy atom. The van der Waals surface area contributed by atoms with Crippen LogP contribution in [-0.4, -0.2) is 30.8 Å². The van der Waals surface area contributed by atoms with Gasteiger partial charge in [0.05, 0.1) is 12.1 Å². The summed E-state index contributed by atoms with van der Waals surface area (Å²) in [6.45, 7) is 2.32. The number of carbonyl (C=O) groups excluding carboxylic acids is 3.